The number of rotatable bonds is 4. The second-order valence-corrected chi connectivity index (χ2v) is 23.3. The van der Waals surface area contributed by atoms with Gasteiger partial charge in [-0.05, 0) is 145 Å². The van der Waals surface area contributed by atoms with Crippen molar-refractivity contribution in [1.29, 1.82) is 0 Å². The van der Waals surface area contributed by atoms with Crippen molar-refractivity contribution in [2.45, 2.75) is 5.41 Å². The number of hydrogen-bond donors (Lipinski definition) is 0. The highest BCUT2D eigenvalue weighted by Crippen LogP contribution is 2.68. The molecule has 0 saturated carbocycles. The van der Waals surface area contributed by atoms with E-state index in [1.807, 2.05) is 0 Å². The Bertz CT molecular complexity index is 3940. The maximum absolute atomic E-state index is 7.53. The molecule has 11 aromatic rings. The van der Waals surface area contributed by atoms with Crippen LogP contribution in [-0.4, -0.2) is 0 Å². The molecule has 0 radical (unpaired) electrons. The first-order chi connectivity index (χ1) is 34.6. The Morgan fingerprint density at radius 2 is 0.714 bits per heavy atom. The first-order valence-electron chi connectivity index (χ1n) is 24.1. The number of anilines is 9. The molecule has 70 heavy (non-hydrogen) atoms. The lowest BCUT2D eigenvalue weighted by Crippen LogP contribution is -2.47. The van der Waals surface area contributed by atoms with E-state index in [4.69, 9.17) is 11.8 Å². The van der Waals surface area contributed by atoms with Gasteiger partial charge in [0.2, 0.25) is 0 Å². The molecule has 0 unspecified atom stereocenters. The van der Waals surface area contributed by atoms with E-state index in [1.165, 1.54) is 76.8 Å². The second kappa shape index (κ2) is 13.9. The Balaban J connectivity index is 0.981. The summed E-state index contributed by atoms with van der Waals surface area (Å²) in [6.07, 6.45) is 0. The van der Waals surface area contributed by atoms with E-state index in [0.29, 0.717) is 0 Å². The van der Waals surface area contributed by atoms with Crippen molar-refractivity contribution in [3.05, 3.63) is 265 Å². The number of benzene rings is 11. The molecule has 326 valence electrons. The Hall–Kier alpha value is -8.27. The molecule has 11 aromatic carbocycles. The highest BCUT2D eigenvalue weighted by molar-refractivity contribution is 8.26. The van der Waals surface area contributed by atoms with Crippen LogP contribution in [0.1, 0.15) is 22.3 Å². The molecular weight excluding hydrogens is 886 g/mol. The zero-order valence-corrected chi connectivity index (χ0v) is 39.5. The van der Waals surface area contributed by atoms with Crippen LogP contribution in [0.3, 0.4) is 0 Å². The van der Waals surface area contributed by atoms with Crippen molar-refractivity contribution in [2.24, 2.45) is 0 Å². The number of hydrogen-bond acceptors (Lipinski definition) is 4. The van der Waals surface area contributed by atoms with Gasteiger partial charge in [0.05, 0.1) is 45.6 Å². The lowest BCUT2D eigenvalue weighted by atomic mass is 9.69. The van der Waals surface area contributed by atoms with Gasteiger partial charge in [0.1, 0.15) is 0 Å². The van der Waals surface area contributed by atoms with Gasteiger partial charge in [0.15, 0.2) is 0 Å². The van der Waals surface area contributed by atoms with E-state index in [2.05, 4.69) is 257 Å². The third-order valence-corrected chi connectivity index (χ3v) is 20.7. The summed E-state index contributed by atoms with van der Waals surface area (Å²) in [5, 5.41) is 6.24. The molecule has 0 bridgehead atoms. The monoisotopic (exact) mass is 925 g/mol. The number of nitrogens with zero attached hydrogens (tertiary/aromatic N) is 3. The molecule has 0 amide bonds. The molecule has 0 saturated heterocycles. The Morgan fingerprint density at radius 3 is 1.19 bits per heavy atom. The van der Waals surface area contributed by atoms with Gasteiger partial charge in [-0.3, -0.25) is 0 Å². The Labute approximate surface area is 411 Å². The molecule has 5 heteroatoms. The van der Waals surface area contributed by atoms with Crippen LogP contribution in [-0.2, 0) is 17.2 Å². The summed E-state index contributed by atoms with van der Waals surface area (Å²) in [6.45, 7) is 0. The summed E-state index contributed by atoms with van der Waals surface area (Å²) in [7, 11) is 0. The fourth-order valence-corrected chi connectivity index (χ4v) is 18.6. The average molecular weight is 926 g/mol. The molecule has 3 nitrogen and oxygen atoms in total. The van der Waals surface area contributed by atoms with Crippen molar-refractivity contribution >= 4 is 95.7 Å². The fraction of sp³-hybridized carbons (Fsp3) is 0.0154. The van der Waals surface area contributed by atoms with Crippen molar-refractivity contribution in [3.8, 4) is 33.4 Å². The van der Waals surface area contributed by atoms with Crippen molar-refractivity contribution < 1.29 is 0 Å². The topological polar surface area (TPSA) is 9.72 Å². The highest BCUT2D eigenvalue weighted by atomic mass is 32.4. The molecule has 0 atom stereocenters. The zero-order valence-electron chi connectivity index (χ0n) is 37.8. The predicted molar refractivity (Wildman–Crippen MR) is 296 cm³/mol. The summed E-state index contributed by atoms with van der Waals surface area (Å²) in [5.74, 6) is 0. The van der Waals surface area contributed by atoms with Crippen LogP contribution in [0, 0.1) is 0 Å². The first kappa shape index (κ1) is 38.7. The van der Waals surface area contributed by atoms with Crippen molar-refractivity contribution in [3.63, 3.8) is 0 Å². The standard InChI is InChI=1S/C65H40N3PS/c70-69-62-55-30-16-32-57(62)67(45-20-6-2-7-21-45)59-39-43(40-60(64(59)69)68(46-22-8-3-9-23-46)58-33-17-31-56(63(58)69)66(55)44-18-4-1-5-19-44)41-34-36-47-42(38-41)35-37-51-50-26-12-15-29-54(50)65(61(47)51)52-27-13-10-24-48(52)49-25-11-14-28-53(49)65/h1-40H. The largest absolute Gasteiger partial charge is 0.309 e. The minimum Gasteiger partial charge on any atom is -0.309 e. The van der Waals surface area contributed by atoms with Gasteiger partial charge < -0.3 is 14.7 Å². The number of fused-ring (bicyclic) bond motifs is 12. The Morgan fingerprint density at radius 1 is 0.314 bits per heavy atom. The van der Waals surface area contributed by atoms with Crippen LogP contribution < -0.4 is 30.6 Å². The van der Waals surface area contributed by atoms with E-state index in [-0.39, 0.29) is 0 Å². The van der Waals surface area contributed by atoms with Crippen LogP contribution in [0.15, 0.2) is 243 Å². The van der Waals surface area contributed by atoms with Gasteiger partial charge in [0.25, 0.3) is 0 Å². The molecule has 16 rings (SSSR count). The lowest BCUT2D eigenvalue weighted by Gasteiger charge is -2.51. The average Bonchev–Trinajstić information content (AvgIpc) is 3.89. The Kier molecular flexibility index (Phi) is 7.69. The molecule has 0 fully saturated rings. The SMILES string of the molecule is S=P12c3c4cccc3N(c3ccccc3)c3cc(-c5ccc6c7c(ccc6c5)-c5ccccc5C75c6ccccc6-c6ccccc65)cc(c31)N(c1ccccc1)c1cccc(c12)N4c1ccccc1. The smallest absolute Gasteiger partial charge is 0.0731 e. The number of para-hydroxylation sites is 3. The molecule has 0 N–H and O–H groups in total. The van der Waals surface area contributed by atoms with Crippen LogP contribution in [0.2, 0.25) is 0 Å². The summed E-state index contributed by atoms with van der Waals surface area (Å²) in [4.78, 5) is 7.46. The van der Waals surface area contributed by atoms with Gasteiger partial charge in [0, 0.05) is 33.0 Å². The predicted octanol–water partition coefficient (Wildman–Crippen LogP) is 16.0. The van der Waals surface area contributed by atoms with E-state index in [1.54, 1.807) is 0 Å². The van der Waals surface area contributed by atoms with Crippen LogP contribution in [0.4, 0.5) is 51.2 Å². The molecule has 2 aliphatic carbocycles. The van der Waals surface area contributed by atoms with Crippen LogP contribution in [0.5, 0.6) is 0 Å². The molecule has 3 heterocycles. The molecule has 0 aromatic heterocycles. The van der Waals surface area contributed by atoms with Gasteiger partial charge in [-0.25, -0.2) is 0 Å². The van der Waals surface area contributed by atoms with E-state index >= 15 is 0 Å². The summed E-state index contributed by atoms with van der Waals surface area (Å²) in [5.41, 5.74) is 22.8. The lowest BCUT2D eigenvalue weighted by molar-refractivity contribution is 0.801. The maximum atomic E-state index is 7.53. The van der Waals surface area contributed by atoms with Gasteiger partial charge in [-0.1, -0.05) is 176 Å². The summed E-state index contributed by atoms with van der Waals surface area (Å²) in [6, 6.07) is 87.7. The molecular formula is C65H40N3PS. The quantitative estimate of drug-likeness (QED) is 0.163. The van der Waals surface area contributed by atoms with Crippen LogP contribution >= 0.6 is 6.04 Å². The summed E-state index contributed by atoms with van der Waals surface area (Å²) < 4.78 is 0. The minimum atomic E-state index is -2.71. The third-order valence-electron chi connectivity index (χ3n) is 15.8. The van der Waals surface area contributed by atoms with Gasteiger partial charge in [-0.15, -0.1) is 0 Å². The van der Waals surface area contributed by atoms with Crippen LogP contribution in [0.25, 0.3) is 44.2 Å². The maximum Gasteiger partial charge on any atom is 0.0731 e. The van der Waals surface area contributed by atoms with Crippen molar-refractivity contribution in [2.75, 3.05) is 14.7 Å². The molecule has 3 aliphatic heterocycles. The van der Waals surface area contributed by atoms with E-state index in [0.717, 1.165) is 56.7 Å². The molecule has 5 aliphatic rings. The zero-order chi connectivity index (χ0) is 45.9. The van der Waals surface area contributed by atoms with Gasteiger partial charge in [-0.2, -0.15) is 0 Å². The van der Waals surface area contributed by atoms with Gasteiger partial charge >= 0.3 is 0 Å². The van der Waals surface area contributed by atoms with E-state index in [9.17, 15) is 0 Å². The van der Waals surface area contributed by atoms with Crippen molar-refractivity contribution in [1.82, 2.24) is 0 Å². The van der Waals surface area contributed by atoms with E-state index < -0.39 is 11.5 Å². The normalized spacial score (nSPS) is 15.1. The highest BCUT2D eigenvalue weighted by Gasteiger charge is 2.53. The fourth-order valence-electron chi connectivity index (χ4n) is 13.2. The minimum absolute atomic E-state index is 0.432. The third kappa shape index (κ3) is 4.73. The second-order valence-electron chi connectivity index (χ2n) is 19.1. The summed E-state index contributed by atoms with van der Waals surface area (Å²) >= 11 is 7.53. The first-order valence-corrected chi connectivity index (χ1v) is 26.9. The molecule has 1 spiro atoms.